The molecule has 0 heterocycles. The molecule has 0 aromatic heterocycles. The minimum atomic E-state index is -2.69. The zero-order valence-corrected chi connectivity index (χ0v) is 20.3. The van der Waals surface area contributed by atoms with Crippen LogP contribution in [0.15, 0.2) is 0 Å². The molecule has 0 spiro atoms. The Labute approximate surface area is 136 Å². The normalized spacial score (nSPS) is 13.0. The van der Waals surface area contributed by atoms with E-state index in [1.54, 1.807) is 0 Å². The van der Waals surface area contributed by atoms with Crippen LogP contribution in [0.2, 0.25) is 17.7 Å². The molecule has 0 aromatic rings. The second-order valence-corrected chi connectivity index (χ2v) is 42.6. The quantitative estimate of drug-likeness (QED) is 0.189. The Morgan fingerprint density at radius 2 is 0.833 bits per heavy atom. The molecule has 0 saturated heterocycles. The van der Waals surface area contributed by atoms with Crippen LogP contribution < -0.4 is 0 Å². The number of halogens is 4. The van der Waals surface area contributed by atoms with Crippen molar-refractivity contribution in [3.63, 3.8) is 0 Å². The molecule has 0 saturated carbocycles. The van der Waals surface area contributed by atoms with Crippen molar-refractivity contribution in [2.45, 2.75) is 70.1 Å². The molecule has 0 amide bonds. The van der Waals surface area contributed by atoms with Crippen molar-refractivity contribution in [1.82, 2.24) is 0 Å². The van der Waals surface area contributed by atoms with Crippen molar-refractivity contribution in [3.8, 4) is 0 Å². The predicted molar refractivity (Wildman–Crippen MR) is 93.2 cm³/mol. The maximum absolute atomic E-state index is 6.48. The van der Waals surface area contributed by atoms with Gasteiger partial charge in [0.2, 0.25) is 0 Å². The number of hydrogen-bond donors (Lipinski definition) is 0. The zero-order chi connectivity index (χ0) is 14.1. The Morgan fingerprint density at radius 3 is 1.11 bits per heavy atom. The average Bonchev–Trinajstić information content (AvgIpc) is 2.30. The molecular weight excluding hydrogens is 523 g/mol. The van der Waals surface area contributed by atoms with E-state index in [2.05, 4.69) is 13.8 Å². The molecule has 0 aliphatic heterocycles. The molecule has 0 fully saturated rings. The summed E-state index contributed by atoms with van der Waals surface area (Å²) in [6.45, 7) is 4.38. The van der Waals surface area contributed by atoms with Gasteiger partial charge in [0, 0.05) is 0 Å². The topological polar surface area (TPSA) is 0 Å². The molecule has 0 N–H and O–H groups in total. The summed E-state index contributed by atoms with van der Waals surface area (Å²) in [6.07, 6.45) is 7.03. The van der Waals surface area contributed by atoms with E-state index >= 15 is 0 Å². The van der Waals surface area contributed by atoms with Crippen LogP contribution in [0.25, 0.3) is 0 Å². The van der Waals surface area contributed by atoms with Crippen molar-refractivity contribution in [1.29, 1.82) is 0 Å². The summed E-state index contributed by atoms with van der Waals surface area (Å²) in [4.78, 5) is 0. The fraction of sp³-hybridized carbons (Fsp3) is 1.00. The Hall–Kier alpha value is 2.76. The van der Waals surface area contributed by atoms with Crippen LogP contribution in [-0.4, -0.2) is 32.2 Å². The summed E-state index contributed by atoms with van der Waals surface area (Å²) in [6, 6.07) is 0. The molecule has 0 rings (SSSR count). The first-order valence-corrected chi connectivity index (χ1v) is 29.6. The molecule has 0 nitrogen and oxygen atoms in total. The number of hydrogen-bond acceptors (Lipinski definition) is 0. The Kier molecular flexibility index (Phi) is 13.1. The van der Waals surface area contributed by atoms with Crippen LogP contribution in [0.4, 0.5) is 0 Å². The molecule has 18 heavy (non-hydrogen) atoms. The van der Waals surface area contributed by atoms with E-state index in [9.17, 15) is 0 Å². The summed E-state index contributed by atoms with van der Waals surface area (Å²) in [5.41, 5.74) is 0. The summed E-state index contributed by atoms with van der Waals surface area (Å²) in [7, 11) is 25.9. The number of unbranched alkanes of at least 4 members (excludes halogenated alkanes) is 3. The summed E-state index contributed by atoms with van der Waals surface area (Å²) >= 11 is -5.38. The standard InChI is InChI=1S/2C4H9.C4H8.4ClH.2Sn/c3*1-3-4-2;;;;;;/h2*1,3-4H2,2H3;1-4H2;4*1H;;/q;;;;;;;2*+2/p-4. The molecule has 0 aliphatic carbocycles. The molecule has 0 atom stereocenters. The predicted octanol–water partition coefficient (Wildman–Crippen LogP) is 7.21. The first-order chi connectivity index (χ1) is 8.33. The fourth-order valence-corrected chi connectivity index (χ4v) is 19.8. The number of rotatable bonds is 11. The van der Waals surface area contributed by atoms with Crippen molar-refractivity contribution in [2.75, 3.05) is 0 Å². The van der Waals surface area contributed by atoms with Crippen LogP contribution in [0.5, 0.6) is 0 Å². The summed E-state index contributed by atoms with van der Waals surface area (Å²) in [5.74, 6) is 0. The van der Waals surface area contributed by atoms with E-state index in [0.29, 0.717) is 0 Å². The van der Waals surface area contributed by atoms with Crippen LogP contribution in [0, 0.1) is 0 Å². The van der Waals surface area contributed by atoms with Crippen LogP contribution in [-0.2, 0) is 0 Å². The van der Waals surface area contributed by atoms with E-state index in [4.69, 9.17) is 35.7 Å². The molecule has 0 aromatic carbocycles. The molecule has 6 heteroatoms. The van der Waals surface area contributed by atoms with E-state index in [-0.39, 0.29) is 0 Å². The van der Waals surface area contributed by atoms with Gasteiger partial charge in [-0.05, 0) is 0 Å². The summed E-state index contributed by atoms with van der Waals surface area (Å²) in [5, 5.41) is 0. The van der Waals surface area contributed by atoms with Crippen molar-refractivity contribution >= 4 is 67.9 Å². The summed E-state index contributed by atoms with van der Waals surface area (Å²) < 4.78 is 4.34. The van der Waals surface area contributed by atoms with Gasteiger partial charge in [-0.2, -0.15) is 0 Å². The van der Waals surface area contributed by atoms with Gasteiger partial charge >= 0.3 is 138 Å². The van der Waals surface area contributed by atoms with E-state index in [0.717, 1.165) is 30.6 Å². The molecule has 0 radical (unpaired) electrons. The Balaban J connectivity index is 3.71. The van der Waals surface area contributed by atoms with Gasteiger partial charge in [-0.3, -0.25) is 0 Å². The molecular formula is C12H26Cl4Sn2. The van der Waals surface area contributed by atoms with Gasteiger partial charge < -0.3 is 0 Å². The monoisotopic (exact) mass is 550 g/mol. The van der Waals surface area contributed by atoms with E-state index in [1.807, 2.05) is 0 Å². The van der Waals surface area contributed by atoms with E-state index in [1.165, 1.54) is 25.7 Å². The Bertz CT molecular complexity index is 188. The molecule has 0 aliphatic rings. The average molecular weight is 550 g/mol. The molecule has 0 unspecified atom stereocenters. The third-order valence-electron chi connectivity index (χ3n) is 3.13. The van der Waals surface area contributed by atoms with Gasteiger partial charge in [0.15, 0.2) is 0 Å². The third-order valence-corrected chi connectivity index (χ3v) is 25.7. The Morgan fingerprint density at radius 1 is 0.556 bits per heavy atom. The second kappa shape index (κ2) is 11.3. The maximum atomic E-state index is 6.48. The van der Waals surface area contributed by atoms with Gasteiger partial charge in [-0.15, -0.1) is 0 Å². The van der Waals surface area contributed by atoms with Crippen molar-refractivity contribution in [2.24, 2.45) is 0 Å². The second-order valence-electron chi connectivity index (χ2n) is 5.13. The van der Waals surface area contributed by atoms with Gasteiger partial charge in [0.1, 0.15) is 0 Å². The van der Waals surface area contributed by atoms with Gasteiger partial charge in [0.05, 0.1) is 0 Å². The van der Waals surface area contributed by atoms with Crippen LogP contribution in [0.1, 0.15) is 52.4 Å². The first-order valence-electron chi connectivity index (χ1n) is 7.08. The van der Waals surface area contributed by atoms with Crippen LogP contribution in [0.3, 0.4) is 0 Å². The van der Waals surface area contributed by atoms with Crippen LogP contribution >= 0.6 is 35.7 Å². The van der Waals surface area contributed by atoms with Gasteiger partial charge in [0.25, 0.3) is 0 Å². The minimum absolute atomic E-state index is 1.07. The molecule has 110 valence electrons. The van der Waals surface area contributed by atoms with E-state index < -0.39 is 32.2 Å². The zero-order valence-electron chi connectivity index (χ0n) is 11.6. The third kappa shape index (κ3) is 12.5. The molecule has 0 bridgehead atoms. The van der Waals surface area contributed by atoms with Gasteiger partial charge in [-0.1, -0.05) is 0 Å². The van der Waals surface area contributed by atoms with Crippen molar-refractivity contribution < 1.29 is 0 Å². The fourth-order valence-electron chi connectivity index (χ4n) is 1.89. The first kappa shape index (κ1) is 20.8. The SMILES string of the molecule is CCC[CH2][Sn]([Cl])([Cl])[CH2]CC[CH2][Sn]([Cl])([Cl])[CH2]CCC. The van der Waals surface area contributed by atoms with Crippen molar-refractivity contribution in [3.05, 3.63) is 0 Å². The van der Waals surface area contributed by atoms with Gasteiger partial charge in [-0.25, -0.2) is 0 Å².